The molecule has 2 atom stereocenters. The Kier molecular flexibility index (Phi) is 6.90. The topological polar surface area (TPSA) is 78.4 Å². The first-order chi connectivity index (χ1) is 13.2. The van der Waals surface area contributed by atoms with Gasteiger partial charge in [-0.2, -0.15) is 0 Å². The summed E-state index contributed by atoms with van der Waals surface area (Å²) in [6.45, 7) is 0. The number of aromatic nitrogens is 2. The van der Waals surface area contributed by atoms with Gasteiger partial charge in [0.25, 0.3) is 0 Å². The predicted molar refractivity (Wildman–Crippen MR) is 98.7 cm³/mol. The van der Waals surface area contributed by atoms with Crippen molar-refractivity contribution in [3.8, 4) is 0 Å². The molecule has 0 radical (unpaired) electrons. The van der Waals surface area contributed by atoms with Crippen LogP contribution in [0.5, 0.6) is 0 Å². The molecule has 6 nitrogen and oxygen atoms in total. The van der Waals surface area contributed by atoms with E-state index in [2.05, 4.69) is 9.97 Å². The molecule has 1 saturated carbocycles. The second-order valence-corrected chi connectivity index (χ2v) is 6.71. The second-order valence-electron chi connectivity index (χ2n) is 6.71. The van der Waals surface area contributed by atoms with E-state index in [4.69, 9.17) is 9.47 Å². The molecule has 2 aromatic heterocycles. The zero-order valence-corrected chi connectivity index (χ0v) is 15.3. The summed E-state index contributed by atoms with van der Waals surface area (Å²) < 4.78 is 11.1. The van der Waals surface area contributed by atoms with Gasteiger partial charge >= 0.3 is 11.9 Å². The van der Waals surface area contributed by atoms with Crippen molar-refractivity contribution in [3.63, 3.8) is 0 Å². The van der Waals surface area contributed by atoms with Crippen LogP contribution in [0, 0.1) is 0 Å². The Balaban J connectivity index is 1.41. The largest absolute Gasteiger partial charge is 0.458 e. The van der Waals surface area contributed by atoms with Crippen molar-refractivity contribution < 1.29 is 19.1 Å². The monoisotopic (exact) mass is 368 g/mol. The number of hydrogen-bond donors (Lipinski definition) is 0. The second kappa shape index (κ2) is 9.80. The van der Waals surface area contributed by atoms with Crippen molar-refractivity contribution in [2.75, 3.05) is 0 Å². The Hall–Kier alpha value is -2.76. The van der Waals surface area contributed by atoms with Crippen molar-refractivity contribution >= 4 is 11.9 Å². The average Bonchev–Trinajstić information content (AvgIpc) is 3.13. The number of carbonyl (C=O) groups excluding carboxylic acids is 2. The zero-order chi connectivity index (χ0) is 18.9. The number of nitrogens with zero attached hydrogens (tertiary/aromatic N) is 2. The predicted octanol–water partition coefficient (Wildman–Crippen LogP) is 3.05. The van der Waals surface area contributed by atoms with E-state index in [9.17, 15) is 9.59 Å². The van der Waals surface area contributed by atoms with Crippen LogP contribution in [-0.2, 0) is 31.9 Å². The Morgan fingerprint density at radius 2 is 1.33 bits per heavy atom. The Bertz CT molecular complexity index is 673. The van der Waals surface area contributed by atoms with Crippen LogP contribution in [0.4, 0.5) is 0 Å². The van der Waals surface area contributed by atoms with Gasteiger partial charge in [0.15, 0.2) is 0 Å². The summed E-state index contributed by atoms with van der Waals surface area (Å²) in [7, 11) is 0. The smallest absolute Gasteiger partial charge is 0.306 e. The summed E-state index contributed by atoms with van der Waals surface area (Å²) in [6.07, 6.45) is 10.4. The Labute approximate surface area is 158 Å². The third-order valence-corrected chi connectivity index (χ3v) is 4.64. The van der Waals surface area contributed by atoms with Gasteiger partial charge in [0.1, 0.15) is 12.2 Å². The third-order valence-electron chi connectivity index (χ3n) is 4.64. The molecule has 1 aliphatic rings. The van der Waals surface area contributed by atoms with Gasteiger partial charge in [0, 0.05) is 37.6 Å². The molecule has 3 rings (SSSR count). The highest BCUT2D eigenvalue weighted by Gasteiger charge is 2.33. The molecule has 0 saturated heterocycles. The Morgan fingerprint density at radius 3 is 1.74 bits per heavy atom. The molecular formula is C21H24N2O4. The molecule has 0 spiro atoms. The molecule has 0 aromatic carbocycles. The lowest BCUT2D eigenvalue weighted by molar-refractivity contribution is -0.165. The molecule has 0 aliphatic heterocycles. The van der Waals surface area contributed by atoms with Crippen LogP contribution in [0.3, 0.4) is 0 Å². The number of pyridine rings is 2. The summed E-state index contributed by atoms with van der Waals surface area (Å²) in [4.78, 5) is 32.3. The number of rotatable bonds is 8. The summed E-state index contributed by atoms with van der Waals surface area (Å²) in [5, 5.41) is 0. The van der Waals surface area contributed by atoms with E-state index in [-0.39, 0.29) is 24.1 Å². The highest BCUT2D eigenvalue weighted by Crippen LogP contribution is 2.26. The highest BCUT2D eigenvalue weighted by atomic mass is 16.6. The van der Waals surface area contributed by atoms with Gasteiger partial charge in [0.05, 0.1) is 0 Å². The maximum Gasteiger partial charge on any atom is 0.306 e. The number of aryl methyl sites for hydroxylation is 2. The minimum atomic E-state index is -0.339. The van der Waals surface area contributed by atoms with E-state index in [1.807, 2.05) is 24.3 Å². The van der Waals surface area contributed by atoms with E-state index in [0.717, 1.165) is 30.4 Å². The lowest BCUT2D eigenvalue weighted by Gasteiger charge is -2.20. The van der Waals surface area contributed by atoms with Crippen LogP contribution in [-0.4, -0.2) is 34.1 Å². The lowest BCUT2D eigenvalue weighted by atomic mass is 10.1. The fourth-order valence-electron chi connectivity index (χ4n) is 3.20. The van der Waals surface area contributed by atoms with E-state index in [0.29, 0.717) is 25.7 Å². The van der Waals surface area contributed by atoms with Gasteiger partial charge in [-0.1, -0.05) is 12.1 Å². The van der Waals surface area contributed by atoms with Crippen molar-refractivity contribution in [1.82, 2.24) is 9.97 Å². The lowest BCUT2D eigenvalue weighted by Crippen LogP contribution is -2.30. The summed E-state index contributed by atoms with van der Waals surface area (Å²) >= 11 is 0. The van der Waals surface area contributed by atoms with Crippen molar-refractivity contribution in [2.24, 2.45) is 0 Å². The van der Waals surface area contributed by atoms with Crippen molar-refractivity contribution in [3.05, 3.63) is 60.2 Å². The van der Waals surface area contributed by atoms with Crippen LogP contribution in [0.2, 0.25) is 0 Å². The molecule has 1 aliphatic carbocycles. The molecule has 1 fully saturated rings. The normalized spacial score (nSPS) is 18.8. The molecule has 2 aromatic rings. The van der Waals surface area contributed by atoms with E-state index >= 15 is 0 Å². The van der Waals surface area contributed by atoms with E-state index in [1.54, 1.807) is 24.8 Å². The van der Waals surface area contributed by atoms with Crippen LogP contribution < -0.4 is 0 Å². The third kappa shape index (κ3) is 6.16. The molecular weight excluding hydrogens is 344 g/mol. The minimum Gasteiger partial charge on any atom is -0.458 e. The molecule has 0 N–H and O–H groups in total. The van der Waals surface area contributed by atoms with Gasteiger partial charge in [0.2, 0.25) is 0 Å². The van der Waals surface area contributed by atoms with Gasteiger partial charge < -0.3 is 9.47 Å². The molecule has 2 heterocycles. The molecule has 27 heavy (non-hydrogen) atoms. The average molecular weight is 368 g/mol. The fourth-order valence-corrected chi connectivity index (χ4v) is 3.20. The van der Waals surface area contributed by atoms with Crippen LogP contribution in [0.1, 0.15) is 43.2 Å². The SMILES string of the molecule is O=C(CCc1cccnc1)O[C@H]1CCC[C@@H]1OC(=O)CCc1cccnc1. The quantitative estimate of drug-likeness (QED) is 0.667. The summed E-state index contributed by atoms with van der Waals surface area (Å²) in [6, 6.07) is 7.56. The van der Waals surface area contributed by atoms with Crippen LogP contribution >= 0.6 is 0 Å². The zero-order valence-electron chi connectivity index (χ0n) is 15.3. The summed E-state index contributed by atoms with van der Waals surface area (Å²) in [5.41, 5.74) is 2.00. The maximum atomic E-state index is 12.1. The molecule has 0 bridgehead atoms. The first kappa shape index (κ1) is 19.0. The first-order valence-electron chi connectivity index (χ1n) is 9.37. The first-order valence-corrected chi connectivity index (χ1v) is 9.37. The summed E-state index contributed by atoms with van der Waals surface area (Å²) in [5.74, 6) is -0.524. The number of ether oxygens (including phenoxy) is 2. The van der Waals surface area contributed by atoms with E-state index in [1.165, 1.54) is 0 Å². The molecule has 6 heteroatoms. The van der Waals surface area contributed by atoms with Crippen molar-refractivity contribution in [2.45, 2.75) is 57.2 Å². The van der Waals surface area contributed by atoms with Crippen molar-refractivity contribution in [1.29, 1.82) is 0 Å². The molecule has 0 amide bonds. The number of carbonyl (C=O) groups is 2. The number of esters is 2. The maximum absolute atomic E-state index is 12.1. The van der Waals surface area contributed by atoms with Gasteiger partial charge in [-0.15, -0.1) is 0 Å². The Morgan fingerprint density at radius 1 is 0.852 bits per heavy atom. The van der Waals surface area contributed by atoms with Gasteiger partial charge in [-0.3, -0.25) is 19.6 Å². The van der Waals surface area contributed by atoms with Gasteiger partial charge in [-0.25, -0.2) is 0 Å². The van der Waals surface area contributed by atoms with Gasteiger partial charge in [-0.05, 0) is 55.4 Å². The molecule has 142 valence electrons. The number of hydrogen-bond acceptors (Lipinski definition) is 6. The van der Waals surface area contributed by atoms with Crippen LogP contribution in [0.15, 0.2) is 49.1 Å². The highest BCUT2D eigenvalue weighted by molar-refractivity contribution is 5.71. The molecule has 0 unspecified atom stereocenters. The fraction of sp³-hybridized carbons (Fsp3) is 0.429. The minimum absolute atomic E-state index is 0.262. The van der Waals surface area contributed by atoms with Crippen LogP contribution in [0.25, 0.3) is 0 Å². The standard InChI is InChI=1S/C21H24N2O4/c24-20(10-8-16-4-2-12-22-14-16)26-18-6-1-7-19(18)27-21(25)11-9-17-5-3-13-23-15-17/h2-5,12-15,18-19H,1,6-11H2/t18-,19-/m0/s1. The van der Waals surface area contributed by atoms with E-state index < -0.39 is 0 Å².